The second kappa shape index (κ2) is 4.94. The maximum absolute atomic E-state index is 12.8. The number of hydrogen-bond donors (Lipinski definition) is 1. The third-order valence-electron chi connectivity index (χ3n) is 5.54. The molecule has 2 aromatic rings. The number of nitrogens with zero attached hydrogens (tertiary/aromatic N) is 4. The molecule has 6 heteroatoms. The van der Waals surface area contributed by atoms with Gasteiger partial charge in [0, 0.05) is 25.3 Å². The van der Waals surface area contributed by atoms with Crippen LogP contribution in [0.3, 0.4) is 0 Å². The molecular weight excluding hydrogens is 302 g/mol. The van der Waals surface area contributed by atoms with Gasteiger partial charge in [-0.1, -0.05) is 26.0 Å². The minimum atomic E-state index is 0.00432. The molecule has 1 N–H and O–H groups in total. The number of rotatable bonds is 1. The van der Waals surface area contributed by atoms with Crippen LogP contribution in [0.5, 0.6) is 0 Å². The SMILES string of the molecule is Cn1nnc2cc(NC(=O)N3C[C@]4(C)C[C@H]3CC(C)(C)C4)ccc21. The van der Waals surface area contributed by atoms with Crippen molar-refractivity contribution in [2.45, 2.75) is 46.1 Å². The summed E-state index contributed by atoms with van der Waals surface area (Å²) in [6.07, 6.45) is 3.39. The van der Waals surface area contributed by atoms with E-state index in [4.69, 9.17) is 0 Å². The minimum Gasteiger partial charge on any atom is -0.321 e. The van der Waals surface area contributed by atoms with Crippen molar-refractivity contribution in [3.63, 3.8) is 0 Å². The van der Waals surface area contributed by atoms with Crippen LogP contribution in [0.15, 0.2) is 18.2 Å². The molecular formula is C18H25N5O. The quantitative estimate of drug-likeness (QED) is 0.873. The summed E-state index contributed by atoms with van der Waals surface area (Å²) in [4.78, 5) is 14.9. The molecule has 1 saturated heterocycles. The maximum Gasteiger partial charge on any atom is 0.322 e. The lowest BCUT2D eigenvalue weighted by Gasteiger charge is -2.39. The third-order valence-corrected chi connectivity index (χ3v) is 5.54. The van der Waals surface area contributed by atoms with E-state index in [1.165, 1.54) is 6.42 Å². The van der Waals surface area contributed by atoms with Crippen molar-refractivity contribution >= 4 is 22.8 Å². The molecule has 0 spiro atoms. The van der Waals surface area contributed by atoms with Gasteiger partial charge in [0.25, 0.3) is 0 Å². The number of aromatic nitrogens is 3. The van der Waals surface area contributed by atoms with Crippen molar-refractivity contribution in [2.75, 3.05) is 11.9 Å². The number of aryl methyl sites for hydroxylation is 1. The van der Waals surface area contributed by atoms with Crippen LogP contribution in [-0.2, 0) is 7.05 Å². The maximum atomic E-state index is 12.8. The first kappa shape index (κ1) is 15.4. The third kappa shape index (κ3) is 2.54. The number of carbonyl (C=O) groups is 1. The number of urea groups is 1. The molecule has 4 rings (SSSR count). The van der Waals surface area contributed by atoms with Crippen LogP contribution in [0, 0.1) is 10.8 Å². The first-order valence-electron chi connectivity index (χ1n) is 8.62. The largest absolute Gasteiger partial charge is 0.322 e. The molecule has 0 radical (unpaired) electrons. The summed E-state index contributed by atoms with van der Waals surface area (Å²) in [5.74, 6) is 0. The van der Waals surface area contributed by atoms with Gasteiger partial charge in [0.05, 0.1) is 5.52 Å². The van der Waals surface area contributed by atoms with Crippen LogP contribution in [0.4, 0.5) is 10.5 Å². The van der Waals surface area contributed by atoms with E-state index < -0.39 is 0 Å². The number of nitrogens with one attached hydrogen (secondary N) is 1. The predicted molar refractivity (Wildman–Crippen MR) is 93.8 cm³/mol. The normalized spacial score (nSPS) is 28.3. The Balaban J connectivity index is 1.53. The summed E-state index contributed by atoms with van der Waals surface area (Å²) in [5, 5.41) is 11.2. The number of hydrogen-bond acceptors (Lipinski definition) is 3. The number of amides is 2. The Hall–Kier alpha value is -2.11. The molecule has 0 unspecified atom stereocenters. The van der Waals surface area contributed by atoms with Crippen molar-refractivity contribution in [3.8, 4) is 0 Å². The minimum absolute atomic E-state index is 0.00432. The molecule has 24 heavy (non-hydrogen) atoms. The Bertz CT molecular complexity index is 811. The molecule has 2 atom stereocenters. The van der Waals surface area contributed by atoms with Gasteiger partial charge in [-0.05, 0) is 48.3 Å². The summed E-state index contributed by atoms with van der Waals surface area (Å²) >= 11 is 0. The zero-order chi connectivity index (χ0) is 17.1. The summed E-state index contributed by atoms with van der Waals surface area (Å²) in [7, 11) is 1.86. The Kier molecular flexibility index (Phi) is 3.18. The zero-order valence-corrected chi connectivity index (χ0v) is 14.8. The monoisotopic (exact) mass is 327 g/mol. The van der Waals surface area contributed by atoms with Crippen molar-refractivity contribution in [3.05, 3.63) is 18.2 Å². The van der Waals surface area contributed by atoms with Gasteiger partial charge < -0.3 is 10.2 Å². The van der Waals surface area contributed by atoms with Gasteiger partial charge in [0.1, 0.15) is 5.52 Å². The van der Waals surface area contributed by atoms with Gasteiger partial charge >= 0.3 is 6.03 Å². The van der Waals surface area contributed by atoms with Crippen molar-refractivity contribution in [1.29, 1.82) is 0 Å². The number of fused-ring (bicyclic) bond motifs is 3. The molecule has 2 heterocycles. The summed E-state index contributed by atoms with van der Waals surface area (Å²) in [5.41, 5.74) is 3.09. The average molecular weight is 327 g/mol. The highest BCUT2D eigenvalue weighted by Gasteiger charge is 2.50. The molecule has 6 nitrogen and oxygen atoms in total. The van der Waals surface area contributed by atoms with Crippen LogP contribution in [-0.4, -0.2) is 38.5 Å². The molecule has 1 aromatic heterocycles. The van der Waals surface area contributed by atoms with Crippen molar-refractivity contribution in [1.82, 2.24) is 19.9 Å². The van der Waals surface area contributed by atoms with Gasteiger partial charge in [0.15, 0.2) is 0 Å². The Labute approximate surface area is 142 Å². The first-order valence-corrected chi connectivity index (χ1v) is 8.62. The van der Waals surface area contributed by atoms with Gasteiger partial charge in [-0.25, -0.2) is 9.48 Å². The van der Waals surface area contributed by atoms with Gasteiger partial charge in [-0.2, -0.15) is 0 Å². The number of carbonyl (C=O) groups excluding carboxylic acids is 1. The fourth-order valence-electron chi connectivity index (χ4n) is 5.01. The molecule has 1 saturated carbocycles. The van der Waals surface area contributed by atoms with Crippen LogP contribution in [0.25, 0.3) is 11.0 Å². The molecule has 2 bridgehead atoms. The zero-order valence-electron chi connectivity index (χ0n) is 14.8. The highest BCUT2D eigenvalue weighted by atomic mass is 16.2. The van der Waals surface area contributed by atoms with Crippen LogP contribution < -0.4 is 5.32 Å². The fraction of sp³-hybridized carbons (Fsp3) is 0.611. The topological polar surface area (TPSA) is 63.1 Å². The molecule has 128 valence electrons. The number of anilines is 1. The molecule has 1 aliphatic heterocycles. The fourth-order valence-corrected chi connectivity index (χ4v) is 5.01. The Morgan fingerprint density at radius 3 is 2.88 bits per heavy atom. The van der Waals surface area contributed by atoms with E-state index in [1.807, 2.05) is 30.1 Å². The summed E-state index contributed by atoms with van der Waals surface area (Å²) < 4.78 is 1.73. The molecule has 2 aliphatic rings. The second-order valence-electron chi connectivity index (χ2n) is 8.69. The predicted octanol–water partition coefficient (Wildman–Crippen LogP) is 3.40. The second-order valence-corrected chi connectivity index (χ2v) is 8.69. The smallest absolute Gasteiger partial charge is 0.321 e. The highest BCUT2D eigenvalue weighted by molar-refractivity contribution is 5.92. The van der Waals surface area contributed by atoms with Crippen LogP contribution in [0.2, 0.25) is 0 Å². The van der Waals surface area contributed by atoms with Gasteiger partial charge in [0.2, 0.25) is 0 Å². The average Bonchev–Trinajstić information content (AvgIpc) is 2.95. The van der Waals surface area contributed by atoms with E-state index in [2.05, 4.69) is 36.4 Å². The lowest BCUT2D eigenvalue weighted by molar-refractivity contribution is 0.130. The van der Waals surface area contributed by atoms with E-state index >= 15 is 0 Å². The molecule has 1 aliphatic carbocycles. The number of benzene rings is 1. The first-order chi connectivity index (χ1) is 11.2. The lowest BCUT2D eigenvalue weighted by Crippen LogP contribution is -2.40. The Morgan fingerprint density at radius 1 is 1.29 bits per heavy atom. The summed E-state index contributed by atoms with van der Waals surface area (Å²) in [6, 6.07) is 6.09. The lowest BCUT2D eigenvalue weighted by atomic mass is 9.65. The van der Waals surface area contributed by atoms with E-state index in [9.17, 15) is 4.79 Å². The van der Waals surface area contributed by atoms with Crippen molar-refractivity contribution in [2.24, 2.45) is 17.9 Å². The Morgan fingerprint density at radius 2 is 2.08 bits per heavy atom. The van der Waals surface area contributed by atoms with Crippen LogP contribution >= 0.6 is 0 Å². The van der Waals surface area contributed by atoms with E-state index in [-0.39, 0.29) is 11.4 Å². The van der Waals surface area contributed by atoms with Gasteiger partial charge in [-0.15, -0.1) is 5.10 Å². The molecule has 1 aromatic carbocycles. The van der Waals surface area contributed by atoms with Crippen molar-refractivity contribution < 1.29 is 4.79 Å². The van der Waals surface area contributed by atoms with E-state index in [0.29, 0.717) is 11.5 Å². The highest BCUT2D eigenvalue weighted by Crippen LogP contribution is 2.52. The molecule has 2 fully saturated rings. The van der Waals surface area contributed by atoms with E-state index in [1.54, 1.807) is 4.68 Å². The van der Waals surface area contributed by atoms with Crippen LogP contribution in [0.1, 0.15) is 40.0 Å². The van der Waals surface area contributed by atoms with Gasteiger partial charge in [-0.3, -0.25) is 0 Å². The summed E-state index contributed by atoms with van der Waals surface area (Å²) in [6.45, 7) is 7.81. The standard InChI is InChI=1S/C18H25N5O/c1-17(2)8-13-9-18(3,10-17)11-23(13)16(24)19-12-5-6-15-14(7-12)20-21-22(15)4/h5-7,13H,8-11H2,1-4H3,(H,19,24)/t13-,18-/m1/s1. The number of likely N-dealkylation sites (tertiary alicyclic amines) is 1. The van der Waals surface area contributed by atoms with E-state index in [0.717, 1.165) is 36.1 Å². The molecule has 2 amide bonds.